The third-order valence-corrected chi connectivity index (χ3v) is 4.15. The lowest BCUT2D eigenvalue weighted by atomic mass is 9.82. The van der Waals surface area contributed by atoms with E-state index >= 15 is 0 Å². The third kappa shape index (κ3) is 1.40. The van der Waals surface area contributed by atoms with E-state index in [0.717, 1.165) is 31.5 Å². The van der Waals surface area contributed by atoms with Crippen molar-refractivity contribution in [2.45, 2.75) is 18.4 Å². The summed E-state index contributed by atoms with van der Waals surface area (Å²) < 4.78 is 0. The lowest BCUT2D eigenvalue weighted by Gasteiger charge is -2.40. The van der Waals surface area contributed by atoms with E-state index in [4.69, 9.17) is 11.6 Å². The maximum atomic E-state index is 12.2. The second-order valence-corrected chi connectivity index (χ2v) is 5.06. The number of carbonyl (C=O) groups is 1. The highest BCUT2D eigenvalue weighted by atomic mass is 35.5. The molecule has 17 heavy (non-hydrogen) atoms. The number of nitrogens with zero attached hydrogens (tertiary/aromatic N) is 2. The van der Waals surface area contributed by atoms with Crippen LogP contribution < -0.4 is 5.32 Å². The molecule has 3 heterocycles. The molecule has 0 aliphatic carbocycles. The number of hydrogen-bond donors (Lipinski definition) is 1. The predicted molar refractivity (Wildman–Crippen MR) is 65.1 cm³/mol. The molecule has 1 aromatic heterocycles. The number of carbonyl (C=O) groups excluding carboxylic acids is 1. The minimum Gasteiger partial charge on any atom is -0.330 e. The molecule has 0 aromatic carbocycles. The predicted octanol–water partition coefficient (Wildman–Crippen LogP) is 1.40. The number of fused-ring (bicyclic) bond motifs is 2. The molecular formula is C12H14ClN3O. The van der Waals surface area contributed by atoms with Gasteiger partial charge in [0.25, 0.3) is 5.91 Å². The Kier molecular flexibility index (Phi) is 2.38. The molecule has 0 unspecified atom stereocenters. The molecule has 0 radical (unpaired) electrons. The summed E-state index contributed by atoms with van der Waals surface area (Å²) in [5.74, 6) is -0.00981. The first-order valence-corrected chi connectivity index (χ1v) is 6.19. The quantitative estimate of drug-likeness (QED) is 0.709. The largest absolute Gasteiger partial charge is 0.330 e. The second-order valence-electron chi connectivity index (χ2n) is 4.68. The summed E-state index contributed by atoms with van der Waals surface area (Å²) in [6.07, 6.45) is 1.87. The summed E-state index contributed by atoms with van der Waals surface area (Å²) in [4.78, 5) is 18.2. The van der Waals surface area contributed by atoms with Crippen molar-refractivity contribution >= 4 is 17.5 Å². The number of halogens is 1. The molecule has 1 fully saturated rings. The fraction of sp³-hybridized carbons (Fsp3) is 0.500. The Bertz CT molecular complexity index is 483. The molecule has 0 atom stereocenters. The average Bonchev–Trinajstić information content (AvgIpc) is 2.54. The zero-order chi connectivity index (χ0) is 12.0. The van der Waals surface area contributed by atoms with Crippen molar-refractivity contribution in [2.24, 2.45) is 0 Å². The van der Waals surface area contributed by atoms with Crippen LogP contribution in [0.1, 0.15) is 28.9 Å². The maximum absolute atomic E-state index is 12.2. The van der Waals surface area contributed by atoms with Crippen molar-refractivity contribution in [3.05, 3.63) is 28.5 Å². The lowest BCUT2D eigenvalue weighted by molar-refractivity contribution is 0.0549. The van der Waals surface area contributed by atoms with Gasteiger partial charge in [0, 0.05) is 12.6 Å². The van der Waals surface area contributed by atoms with Gasteiger partial charge >= 0.3 is 0 Å². The first-order chi connectivity index (χ1) is 8.15. The molecule has 1 aromatic rings. The zero-order valence-corrected chi connectivity index (χ0v) is 10.4. The topological polar surface area (TPSA) is 45.2 Å². The summed E-state index contributed by atoms with van der Waals surface area (Å²) >= 11 is 5.87. The van der Waals surface area contributed by atoms with Crippen molar-refractivity contribution < 1.29 is 4.79 Å². The van der Waals surface area contributed by atoms with Crippen LogP contribution >= 0.6 is 11.6 Å². The van der Waals surface area contributed by atoms with Gasteiger partial charge in [0.2, 0.25) is 0 Å². The van der Waals surface area contributed by atoms with Crippen LogP contribution in [0.5, 0.6) is 0 Å². The van der Waals surface area contributed by atoms with E-state index in [1.165, 1.54) is 0 Å². The van der Waals surface area contributed by atoms with Gasteiger partial charge in [0.05, 0.1) is 5.54 Å². The summed E-state index contributed by atoms with van der Waals surface area (Å²) in [5, 5.41) is 3.71. The van der Waals surface area contributed by atoms with Crippen LogP contribution in [0, 0.1) is 0 Å². The van der Waals surface area contributed by atoms with E-state index in [0.29, 0.717) is 10.8 Å². The van der Waals surface area contributed by atoms with Gasteiger partial charge in [-0.05, 0) is 32.0 Å². The monoisotopic (exact) mass is 251 g/mol. The Morgan fingerprint density at radius 2 is 2.12 bits per heavy atom. The standard InChI is InChI=1S/C12H14ClN3O/c1-16-11(17)10-8(2-3-9(13)15-10)12(16)4-6-14-7-5-12/h2-3,14H,4-7H2,1H3. The van der Waals surface area contributed by atoms with Crippen molar-refractivity contribution in [3.8, 4) is 0 Å². The van der Waals surface area contributed by atoms with Crippen LogP contribution in [-0.2, 0) is 5.54 Å². The summed E-state index contributed by atoms with van der Waals surface area (Å²) in [6.45, 7) is 1.86. The van der Waals surface area contributed by atoms with Crippen LogP contribution in [0.15, 0.2) is 12.1 Å². The van der Waals surface area contributed by atoms with Gasteiger partial charge in [-0.25, -0.2) is 4.98 Å². The van der Waals surface area contributed by atoms with Gasteiger partial charge in [-0.3, -0.25) is 4.79 Å². The highest BCUT2D eigenvalue weighted by Gasteiger charge is 2.48. The highest BCUT2D eigenvalue weighted by molar-refractivity contribution is 6.29. The van der Waals surface area contributed by atoms with E-state index in [2.05, 4.69) is 10.3 Å². The summed E-state index contributed by atoms with van der Waals surface area (Å²) in [6, 6.07) is 3.73. The first-order valence-electron chi connectivity index (χ1n) is 5.81. The second kappa shape index (κ2) is 3.68. The Labute approximate surface area is 105 Å². The minimum absolute atomic E-state index is 0.00981. The van der Waals surface area contributed by atoms with Gasteiger partial charge in [-0.2, -0.15) is 0 Å². The molecule has 90 valence electrons. The van der Waals surface area contributed by atoms with Crippen LogP contribution in [-0.4, -0.2) is 35.9 Å². The number of pyridine rings is 1. The number of hydrogen-bond acceptors (Lipinski definition) is 3. The summed E-state index contributed by atoms with van der Waals surface area (Å²) in [7, 11) is 1.86. The first kappa shape index (κ1) is 11.0. The molecular weight excluding hydrogens is 238 g/mol. The molecule has 1 spiro atoms. The molecule has 2 aliphatic heterocycles. The summed E-state index contributed by atoms with van der Waals surface area (Å²) in [5.41, 5.74) is 1.40. The molecule has 5 heteroatoms. The van der Waals surface area contributed by atoms with Crippen LogP contribution in [0.2, 0.25) is 5.15 Å². The molecule has 3 rings (SSSR count). The van der Waals surface area contributed by atoms with Crippen LogP contribution in [0.3, 0.4) is 0 Å². The van der Waals surface area contributed by atoms with Gasteiger partial charge in [-0.1, -0.05) is 17.7 Å². The molecule has 2 aliphatic rings. The van der Waals surface area contributed by atoms with Crippen molar-refractivity contribution in [3.63, 3.8) is 0 Å². The normalized spacial score (nSPS) is 22.0. The SMILES string of the molecule is CN1C(=O)c2nc(Cl)ccc2C12CCNCC2. The fourth-order valence-electron chi connectivity index (χ4n) is 2.95. The Morgan fingerprint density at radius 1 is 1.41 bits per heavy atom. The van der Waals surface area contributed by atoms with E-state index in [-0.39, 0.29) is 11.4 Å². The number of nitrogens with one attached hydrogen (secondary N) is 1. The minimum atomic E-state index is -0.171. The van der Waals surface area contributed by atoms with Crippen LogP contribution in [0.25, 0.3) is 0 Å². The van der Waals surface area contributed by atoms with Crippen molar-refractivity contribution in [2.75, 3.05) is 20.1 Å². The third-order valence-electron chi connectivity index (χ3n) is 3.94. The number of rotatable bonds is 0. The molecule has 1 saturated heterocycles. The number of aromatic nitrogens is 1. The maximum Gasteiger partial charge on any atom is 0.273 e. The molecule has 0 saturated carbocycles. The van der Waals surface area contributed by atoms with E-state index in [1.807, 2.05) is 18.0 Å². The highest BCUT2D eigenvalue weighted by Crippen LogP contribution is 2.43. The van der Waals surface area contributed by atoms with Crippen LogP contribution in [0.4, 0.5) is 0 Å². The van der Waals surface area contributed by atoms with E-state index in [9.17, 15) is 4.79 Å². The van der Waals surface area contributed by atoms with Gasteiger partial charge in [0.1, 0.15) is 10.8 Å². The van der Waals surface area contributed by atoms with Crippen molar-refractivity contribution in [1.29, 1.82) is 0 Å². The Morgan fingerprint density at radius 3 is 2.82 bits per heavy atom. The Balaban J connectivity index is 2.16. The van der Waals surface area contributed by atoms with Gasteiger partial charge in [-0.15, -0.1) is 0 Å². The number of piperidine rings is 1. The van der Waals surface area contributed by atoms with Gasteiger partial charge < -0.3 is 10.2 Å². The molecule has 0 bridgehead atoms. The molecule has 1 N–H and O–H groups in total. The molecule has 4 nitrogen and oxygen atoms in total. The number of amides is 1. The lowest BCUT2D eigenvalue weighted by Crippen LogP contribution is -2.48. The smallest absolute Gasteiger partial charge is 0.273 e. The van der Waals surface area contributed by atoms with Crippen molar-refractivity contribution in [1.82, 2.24) is 15.2 Å². The zero-order valence-electron chi connectivity index (χ0n) is 9.66. The Hall–Kier alpha value is -1.13. The van der Waals surface area contributed by atoms with Gasteiger partial charge in [0.15, 0.2) is 0 Å². The van der Waals surface area contributed by atoms with E-state index < -0.39 is 0 Å². The average molecular weight is 252 g/mol. The van der Waals surface area contributed by atoms with E-state index in [1.54, 1.807) is 6.07 Å². The fourth-order valence-corrected chi connectivity index (χ4v) is 3.10. The molecule has 1 amide bonds.